The lowest BCUT2D eigenvalue weighted by molar-refractivity contribution is -0.135. The molecular weight excluding hydrogens is 322 g/mol. The van der Waals surface area contributed by atoms with Gasteiger partial charge in [-0.1, -0.05) is 11.6 Å². The van der Waals surface area contributed by atoms with Crippen molar-refractivity contribution in [3.8, 4) is 5.75 Å². The average Bonchev–Trinajstić information content (AvgIpc) is 3.07. The van der Waals surface area contributed by atoms with Crippen LogP contribution < -0.4 is 10.1 Å². The maximum Gasteiger partial charge on any atom is 0.257 e. The smallest absolute Gasteiger partial charge is 0.257 e. The van der Waals surface area contributed by atoms with E-state index in [0.29, 0.717) is 50.3 Å². The first kappa shape index (κ1) is 17.3. The van der Waals surface area contributed by atoms with Gasteiger partial charge in [0.05, 0.1) is 12.7 Å². The Labute approximate surface area is 146 Å². The van der Waals surface area contributed by atoms with Crippen molar-refractivity contribution in [3.63, 3.8) is 0 Å². The molecule has 0 aliphatic carbocycles. The Kier molecular flexibility index (Phi) is 4.92. The van der Waals surface area contributed by atoms with Crippen molar-refractivity contribution in [3.05, 3.63) is 29.3 Å². The highest BCUT2D eigenvalue weighted by atomic mass is 16.5. The number of ether oxygens (including phenoxy) is 1. The number of aryl methyl sites for hydroxylation is 1. The number of nitrogens with one attached hydrogen (secondary N) is 1. The van der Waals surface area contributed by atoms with Gasteiger partial charge in [0, 0.05) is 32.6 Å². The van der Waals surface area contributed by atoms with Crippen molar-refractivity contribution >= 4 is 17.7 Å². The number of carbonyl (C=O) groups is 3. The Bertz CT molecular complexity index is 696. The van der Waals surface area contributed by atoms with Crippen LogP contribution in [0.25, 0.3) is 0 Å². The van der Waals surface area contributed by atoms with Gasteiger partial charge in [-0.2, -0.15) is 0 Å². The maximum atomic E-state index is 12.8. The zero-order valence-corrected chi connectivity index (χ0v) is 14.6. The van der Waals surface area contributed by atoms with Gasteiger partial charge < -0.3 is 19.9 Å². The first-order valence-corrected chi connectivity index (χ1v) is 8.51. The highest BCUT2D eigenvalue weighted by molar-refractivity contribution is 5.97. The number of rotatable bonds is 3. The lowest BCUT2D eigenvalue weighted by Gasteiger charge is -2.36. The summed E-state index contributed by atoms with van der Waals surface area (Å²) < 4.78 is 5.30. The molecule has 2 aliphatic rings. The summed E-state index contributed by atoms with van der Waals surface area (Å²) in [4.78, 5) is 40.0. The van der Waals surface area contributed by atoms with Gasteiger partial charge in [0.2, 0.25) is 11.8 Å². The summed E-state index contributed by atoms with van der Waals surface area (Å²) in [6.07, 6.45) is 0.958. The van der Waals surface area contributed by atoms with Gasteiger partial charge in [-0.3, -0.25) is 14.4 Å². The highest BCUT2D eigenvalue weighted by Crippen LogP contribution is 2.22. The van der Waals surface area contributed by atoms with Gasteiger partial charge in [-0.15, -0.1) is 0 Å². The Morgan fingerprint density at radius 1 is 1.16 bits per heavy atom. The number of benzene rings is 1. The van der Waals surface area contributed by atoms with Crippen LogP contribution in [0.3, 0.4) is 0 Å². The molecule has 134 valence electrons. The van der Waals surface area contributed by atoms with Crippen molar-refractivity contribution in [2.45, 2.75) is 25.8 Å². The molecule has 0 bridgehead atoms. The zero-order chi connectivity index (χ0) is 18.0. The number of nitrogens with zero attached hydrogens (tertiary/aromatic N) is 2. The molecule has 25 heavy (non-hydrogen) atoms. The molecule has 1 aromatic rings. The predicted molar refractivity (Wildman–Crippen MR) is 91.4 cm³/mol. The van der Waals surface area contributed by atoms with E-state index in [1.54, 1.807) is 23.0 Å². The average molecular weight is 345 g/mol. The Hall–Kier alpha value is -2.57. The standard InChI is InChI=1S/C18H23N3O4/c1-12-3-5-15(25-2)13(11-12)17(23)20-7-9-21(10-8-20)18(24)14-4-6-16(22)19-14/h3,5,11,14H,4,6-10H2,1-2H3,(H,19,22). The molecule has 0 radical (unpaired) electrons. The van der Waals surface area contributed by atoms with E-state index in [1.165, 1.54) is 0 Å². The zero-order valence-electron chi connectivity index (χ0n) is 14.6. The molecule has 3 rings (SSSR count). The molecular formula is C18H23N3O4. The Balaban J connectivity index is 1.62. The van der Waals surface area contributed by atoms with Crippen LogP contribution in [0.4, 0.5) is 0 Å². The summed E-state index contributed by atoms with van der Waals surface area (Å²) in [6, 6.07) is 5.12. The molecule has 1 N–H and O–H groups in total. The lowest BCUT2D eigenvalue weighted by atomic mass is 10.1. The van der Waals surface area contributed by atoms with E-state index in [-0.39, 0.29) is 17.7 Å². The fraction of sp³-hybridized carbons (Fsp3) is 0.500. The quantitative estimate of drug-likeness (QED) is 0.869. The number of amides is 3. The lowest BCUT2D eigenvalue weighted by Crippen LogP contribution is -2.54. The summed E-state index contributed by atoms with van der Waals surface area (Å²) in [5.41, 5.74) is 1.54. The van der Waals surface area contributed by atoms with E-state index < -0.39 is 6.04 Å². The molecule has 7 heteroatoms. The van der Waals surface area contributed by atoms with Crippen molar-refractivity contribution in [1.82, 2.24) is 15.1 Å². The normalized spacial score (nSPS) is 20.4. The minimum atomic E-state index is -0.411. The summed E-state index contributed by atoms with van der Waals surface area (Å²) in [7, 11) is 1.55. The number of hydrogen-bond donors (Lipinski definition) is 1. The van der Waals surface area contributed by atoms with Gasteiger partial charge in [0.1, 0.15) is 11.8 Å². The topological polar surface area (TPSA) is 79.0 Å². The summed E-state index contributed by atoms with van der Waals surface area (Å²) >= 11 is 0. The molecule has 7 nitrogen and oxygen atoms in total. The fourth-order valence-electron chi connectivity index (χ4n) is 3.31. The molecule has 0 saturated carbocycles. The van der Waals surface area contributed by atoms with Crippen LogP contribution in [0.1, 0.15) is 28.8 Å². The first-order chi connectivity index (χ1) is 12.0. The monoisotopic (exact) mass is 345 g/mol. The largest absolute Gasteiger partial charge is 0.496 e. The van der Waals surface area contributed by atoms with Crippen LogP contribution in [0.15, 0.2) is 18.2 Å². The van der Waals surface area contributed by atoms with Crippen molar-refractivity contribution in [2.24, 2.45) is 0 Å². The van der Waals surface area contributed by atoms with E-state index >= 15 is 0 Å². The van der Waals surface area contributed by atoms with Crippen molar-refractivity contribution in [1.29, 1.82) is 0 Å². The van der Waals surface area contributed by atoms with Gasteiger partial charge in [0.15, 0.2) is 0 Å². The molecule has 2 aliphatic heterocycles. The molecule has 1 unspecified atom stereocenters. The minimum Gasteiger partial charge on any atom is -0.496 e. The molecule has 0 spiro atoms. The third kappa shape index (κ3) is 3.60. The summed E-state index contributed by atoms with van der Waals surface area (Å²) in [6.45, 7) is 3.84. The molecule has 2 saturated heterocycles. The molecule has 0 aromatic heterocycles. The van der Waals surface area contributed by atoms with E-state index in [2.05, 4.69) is 5.32 Å². The van der Waals surface area contributed by atoms with Gasteiger partial charge >= 0.3 is 0 Å². The number of piperazine rings is 1. The molecule has 1 atom stereocenters. The summed E-state index contributed by atoms with van der Waals surface area (Å²) in [5.74, 6) is 0.356. The molecule has 2 fully saturated rings. The maximum absolute atomic E-state index is 12.8. The Morgan fingerprint density at radius 3 is 2.44 bits per heavy atom. The van der Waals surface area contributed by atoms with Crippen LogP contribution >= 0.6 is 0 Å². The van der Waals surface area contributed by atoms with Crippen molar-refractivity contribution < 1.29 is 19.1 Å². The third-order valence-corrected chi connectivity index (χ3v) is 4.76. The number of hydrogen-bond acceptors (Lipinski definition) is 4. The van der Waals surface area contributed by atoms with E-state index in [1.807, 2.05) is 19.1 Å². The van der Waals surface area contributed by atoms with Crippen LogP contribution in [0.2, 0.25) is 0 Å². The number of carbonyl (C=O) groups excluding carboxylic acids is 3. The minimum absolute atomic E-state index is 0.0499. The fourth-order valence-corrected chi connectivity index (χ4v) is 3.31. The van der Waals surface area contributed by atoms with Crippen LogP contribution in [0, 0.1) is 6.92 Å². The van der Waals surface area contributed by atoms with Crippen molar-refractivity contribution in [2.75, 3.05) is 33.3 Å². The van der Waals surface area contributed by atoms with E-state index in [0.717, 1.165) is 5.56 Å². The highest BCUT2D eigenvalue weighted by Gasteiger charge is 2.33. The second-order valence-electron chi connectivity index (χ2n) is 6.48. The van der Waals surface area contributed by atoms with Gasteiger partial charge in [-0.25, -0.2) is 0 Å². The van der Waals surface area contributed by atoms with Gasteiger partial charge in [0.25, 0.3) is 5.91 Å². The summed E-state index contributed by atoms with van der Waals surface area (Å²) in [5, 5.41) is 2.70. The van der Waals surface area contributed by atoms with E-state index in [9.17, 15) is 14.4 Å². The second kappa shape index (κ2) is 7.13. The Morgan fingerprint density at radius 2 is 1.84 bits per heavy atom. The van der Waals surface area contributed by atoms with Crippen LogP contribution in [-0.4, -0.2) is 66.9 Å². The molecule has 3 amide bonds. The molecule has 2 heterocycles. The van der Waals surface area contributed by atoms with Crippen LogP contribution in [-0.2, 0) is 9.59 Å². The number of methoxy groups -OCH3 is 1. The van der Waals surface area contributed by atoms with Crippen LogP contribution in [0.5, 0.6) is 5.75 Å². The second-order valence-corrected chi connectivity index (χ2v) is 6.48. The van der Waals surface area contributed by atoms with E-state index in [4.69, 9.17) is 4.74 Å². The predicted octanol–water partition coefficient (Wildman–Crippen LogP) is 0.567. The SMILES string of the molecule is COc1ccc(C)cc1C(=O)N1CCN(C(=O)C2CCC(=O)N2)CC1. The van der Waals surface area contributed by atoms with Gasteiger partial charge in [-0.05, 0) is 25.5 Å². The molecule has 1 aromatic carbocycles. The first-order valence-electron chi connectivity index (χ1n) is 8.51. The third-order valence-electron chi connectivity index (χ3n) is 4.76.